The molecule has 0 bridgehead atoms. The van der Waals surface area contributed by atoms with Crippen LogP contribution in [-0.2, 0) is 13.1 Å². The van der Waals surface area contributed by atoms with Crippen molar-refractivity contribution in [1.29, 1.82) is 0 Å². The Kier molecular flexibility index (Phi) is 4.80. The minimum atomic E-state index is 0.733. The van der Waals surface area contributed by atoms with E-state index in [1.807, 2.05) is 29.1 Å². The van der Waals surface area contributed by atoms with Crippen LogP contribution >= 0.6 is 22.9 Å². The molecule has 0 aliphatic carbocycles. The highest BCUT2D eigenvalue weighted by Gasteiger charge is 2.05. The van der Waals surface area contributed by atoms with E-state index in [1.54, 1.807) is 0 Å². The second kappa shape index (κ2) is 6.36. The number of hydrogen-bond donors (Lipinski definition) is 1. The van der Waals surface area contributed by atoms with Gasteiger partial charge in [-0.2, -0.15) is 5.10 Å². The maximum atomic E-state index is 6.00. The van der Waals surface area contributed by atoms with Crippen LogP contribution in [0.4, 0.5) is 0 Å². The van der Waals surface area contributed by atoms with E-state index < -0.39 is 0 Å². The van der Waals surface area contributed by atoms with Crippen LogP contribution < -0.4 is 5.32 Å². The van der Waals surface area contributed by atoms with Crippen LogP contribution in [0.25, 0.3) is 0 Å². The zero-order valence-corrected chi connectivity index (χ0v) is 12.3. The third-order valence-corrected chi connectivity index (χ3v) is 4.09. The standard InChI is InChI=1S/C13H18ClN3S/c1-3-6-15-7-11-4-5-12(18-11)8-17-9-13(14)10(2)16-17/h4-5,9,15H,3,6-8H2,1-2H3. The van der Waals surface area contributed by atoms with Crippen molar-refractivity contribution in [2.75, 3.05) is 6.54 Å². The number of thiophene rings is 1. The normalized spacial score (nSPS) is 11.1. The second-order valence-corrected chi connectivity index (χ2v) is 5.96. The first-order valence-electron chi connectivity index (χ1n) is 6.17. The van der Waals surface area contributed by atoms with Crippen LogP contribution in [0.3, 0.4) is 0 Å². The highest BCUT2D eigenvalue weighted by Crippen LogP contribution is 2.19. The highest BCUT2D eigenvalue weighted by atomic mass is 35.5. The topological polar surface area (TPSA) is 29.9 Å². The molecule has 0 amide bonds. The van der Waals surface area contributed by atoms with E-state index in [1.165, 1.54) is 16.2 Å². The number of rotatable bonds is 6. The predicted molar refractivity (Wildman–Crippen MR) is 77.4 cm³/mol. The maximum Gasteiger partial charge on any atom is 0.0815 e. The van der Waals surface area contributed by atoms with Crippen molar-refractivity contribution in [2.45, 2.75) is 33.4 Å². The van der Waals surface area contributed by atoms with Gasteiger partial charge in [0.2, 0.25) is 0 Å². The Labute approximate surface area is 117 Å². The molecule has 2 rings (SSSR count). The summed E-state index contributed by atoms with van der Waals surface area (Å²) in [6.07, 6.45) is 3.05. The molecule has 0 aromatic carbocycles. The summed E-state index contributed by atoms with van der Waals surface area (Å²) < 4.78 is 1.90. The Morgan fingerprint density at radius 1 is 1.39 bits per heavy atom. The van der Waals surface area contributed by atoms with E-state index in [0.29, 0.717) is 0 Å². The van der Waals surface area contributed by atoms with Gasteiger partial charge in [-0.15, -0.1) is 11.3 Å². The second-order valence-electron chi connectivity index (χ2n) is 4.30. The first kappa shape index (κ1) is 13.6. The molecule has 0 unspecified atom stereocenters. The smallest absolute Gasteiger partial charge is 0.0815 e. The Hall–Kier alpha value is -0.840. The molecule has 0 aliphatic rings. The van der Waals surface area contributed by atoms with Gasteiger partial charge in [-0.25, -0.2) is 0 Å². The van der Waals surface area contributed by atoms with Gasteiger partial charge >= 0.3 is 0 Å². The van der Waals surface area contributed by atoms with Gasteiger partial charge in [0.1, 0.15) is 0 Å². The average molecular weight is 284 g/mol. The summed E-state index contributed by atoms with van der Waals surface area (Å²) in [7, 11) is 0. The molecular formula is C13H18ClN3S. The molecule has 98 valence electrons. The monoisotopic (exact) mass is 283 g/mol. The zero-order valence-electron chi connectivity index (χ0n) is 10.7. The van der Waals surface area contributed by atoms with Crippen molar-refractivity contribution >= 4 is 22.9 Å². The van der Waals surface area contributed by atoms with Gasteiger partial charge in [0.25, 0.3) is 0 Å². The molecule has 0 saturated heterocycles. The van der Waals surface area contributed by atoms with Gasteiger partial charge < -0.3 is 5.32 Å². The Morgan fingerprint density at radius 3 is 2.83 bits per heavy atom. The lowest BCUT2D eigenvalue weighted by Crippen LogP contribution is -2.12. The summed E-state index contributed by atoms with van der Waals surface area (Å²) in [5.74, 6) is 0. The molecule has 2 heterocycles. The fraction of sp³-hybridized carbons (Fsp3) is 0.462. The Balaban J connectivity index is 1.93. The van der Waals surface area contributed by atoms with Gasteiger partial charge in [-0.1, -0.05) is 18.5 Å². The molecule has 0 radical (unpaired) electrons. The molecule has 1 N–H and O–H groups in total. The van der Waals surface area contributed by atoms with Crippen LogP contribution in [-0.4, -0.2) is 16.3 Å². The average Bonchev–Trinajstić information content (AvgIpc) is 2.88. The van der Waals surface area contributed by atoms with Crippen molar-refractivity contribution < 1.29 is 0 Å². The first-order chi connectivity index (χ1) is 8.69. The molecule has 18 heavy (non-hydrogen) atoms. The summed E-state index contributed by atoms with van der Waals surface area (Å²) in [5.41, 5.74) is 0.887. The van der Waals surface area contributed by atoms with Crippen molar-refractivity contribution in [3.63, 3.8) is 0 Å². The van der Waals surface area contributed by atoms with Crippen molar-refractivity contribution in [3.8, 4) is 0 Å². The lowest BCUT2D eigenvalue weighted by Gasteiger charge is -1.99. The Bertz CT molecular complexity index is 485. The maximum absolute atomic E-state index is 6.00. The summed E-state index contributed by atoms with van der Waals surface area (Å²) >= 11 is 7.82. The van der Waals surface area contributed by atoms with Gasteiger partial charge in [0, 0.05) is 22.5 Å². The third kappa shape index (κ3) is 3.57. The number of nitrogens with zero attached hydrogens (tertiary/aromatic N) is 2. The fourth-order valence-corrected chi connectivity index (χ4v) is 2.86. The first-order valence-corrected chi connectivity index (χ1v) is 7.36. The van der Waals surface area contributed by atoms with Crippen LogP contribution in [0, 0.1) is 6.92 Å². The largest absolute Gasteiger partial charge is 0.312 e. The molecule has 5 heteroatoms. The summed E-state index contributed by atoms with van der Waals surface area (Å²) in [6, 6.07) is 4.35. The molecule has 0 aliphatic heterocycles. The molecule has 2 aromatic heterocycles. The lowest BCUT2D eigenvalue weighted by molar-refractivity contribution is 0.681. The highest BCUT2D eigenvalue weighted by molar-refractivity contribution is 7.11. The van der Waals surface area contributed by atoms with Gasteiger partial charge in [0.15, 0.2) is 0 Å². The number of hydrogen-bond acceptors (Lipinski definition) is 3. The molecule has 0 fully saturated rings. The van der Waals surface area contributed by atoms with E-state index in [-0.39, 0.29) is 0 Å². The molecule has 2 aromatic rings. The number of aryl methyl sites for hydroxylation is 1. The molecule has 0 atom stereocenters. The van der Waals surface area contributed by atoms with E-state index in [2.05, 4.69) is 29.5 Å². The number of halogens is 1. The van der Waals surface area contributed by atoms with Crippen molar-refractivity contribution in [1.82, 2.24) is 15.1 Å². The minimum Gasteiger partial charge on any atom is -0.312 e. The van der Waals surface area contributed by atoms with Gasteiger partial charge in [-0.3, -0.25) is 4.68 Å². The number of aromatic nitrogens is 2. The molecule has 0 spiro atoms. The van der Waals surface area contributed by atoms with E-state index in [9.17, 15) is 0 Å². The molecule has 0 saturated carbocycles. The van der Waals surface area contributed by atoms with E-state index >= 15 is 0 Å². The number of nitrogens with one attached hydrogen (secondary N) is 1. The quantitative estimate of drug-likeness (QED) is 0.823. The zero-order chi connectivity index (χ0) is 13.0. The minimum absolute atomic E-state index is 0.733. The summed E-state index contributed by atoms with van der Waals surface area (Å²) in [6.45, 7) is 6.93. The third-order valence-electron chi connectivity index (χ3n) is 2.65. The van der Waals surface area contributed by atoms with Crippen molar-refractivity contribution in [2.24, 2.45) is 0 Å². The van der Waals surface area contributed by atoms with Gasteiger partial charge in [0.05, 0.1) is 17.3 Å². The van der Waals surface area contributed by atoms with Crippen LogP contribution in [0.5, 0.6) is 0 Å². The summed E-state index contributed by atoms with van der Waals surface area (Å²) in [5, 5.41) is 8.51. The van der Waals surface area contributed by atoms with Crippen molar-refractivity contribution in [3.05, 3.63) is 38.8 Å². The lowest BCUT2D eigenvalue weighted by atomic mass is 10.4. The summed E-state index contributed by atoms with van der Waals surface area (Å²) in [4.78, 5) is 2.68. The van der Waals surface area contributed by atoms with Crippen LogP contribution in [0.15, 0.2) is 18.3 Å². The molecular weight excluding hydrogens is 266 g/mol. The van der Waals surface area contributed by atoms with Crippen LogP contribution in [0.1, 0.15) is 28.8 Å². The van der Waals surface area contributed by atoms with Crippen LogP contribution in [0.2, 0.25) is 5.02 Å². The van der Waals surface area contributed by atoms with Gasteiger partial charge in [-0.05, 0) is 32.0 Å². The fourth-order valence-electron chi connectivity index (χ4n) is 1.72. The SMILES string of the molecule is CCCNCc1ccc(Cn2cc(Cl)c(C)n2)s1. The van der Waals surface area contributed by atoms with E-state index in [4.69, 9.17) is 11.6 Å². The molecule has 3 nitrogen and oxygen atoms in total. The van der Waals surface area contributed by atoms with E-state index in [0.717, 1.165) is 30.4 Å². The Morgan fingerprint density at radius 2 is 2.17 bits per heavy atom. The predicted octanol–water partition coefficient (Wildman–Crippen LogP) is 3.45.